The van der Waals surface area contributed by atoms with Gasteiger partial charge in [0.15, 0.2) is 9.84 Å². The van der Waals surface area contributed by atoms with Gasteiger partial charge in [-0.25, -0.2) is 13.4 Å². The van der Waals surface area contributed by atoms with Crippen molar-refractivity contribution in [3.8, 4) is 0 Å². The van der Waals surface area contributed by atoms with Crippen molar-refractivity contribution in [1.82, 2.24) is 4.98 Å². The van der Waals surface area contributed by atoms with Crippen LogP contribution < -0.4 is 10.6 Å². The van der Waals surface area contributed by atoms with Gasteiger partial charge in [-0.15, -0.1) is 0 Å². The Balaban J connectivity index is 1.66. The van der Waals surface area contributed by atoms with Gasteiger partial charge in [0.2, 0.25) is 0 Å². The zero-order valence-corrected chi connectivity index (χ0v) is 15.7. The summed E-state index contributed by atoms with van der Waals surface area (Å²) in [4.78, 5) is 16.7. The van der Waals surface area contributed by atoms with E-state index in [4.69, 9.17) is 0 Å². The Morgan fingerprint density at radius 3 is 2.58 bits per heavy atom. The lowest BCUT2D eigenvalue weighted by Crippen LogP contribution is -2.21. The second-order valence-electron chi connectivity index (χ2n) is 6.87. The molecule has 26 heavy (non-hydrogen) atoms. The van der Waals surface area contributed by atoms with Gasteiger partial charge in [-0.2, -0.15) is 0 Å². The number of nitrogens with one attached hydrogen (secondary N) is 2. The molecule has 3 rings (SSSR count). The predicted octanol–water partition coefficient (Wildman–Crippen LogP) is 3.06. The van der Waals surface area contributed by atoms with E-state index in [1.165, 1.54) is 0 Å². The summed E-state index contributed by atoms with van der Waals surface area (Å²) in [5.74, 6) is 0.386. The summed E-state index contributed by atoms with van der Waals surface area (Å²) in [6.45, 7) is 4.15. The van der Waals surface area contributed by atoms with Gasteiger partial charge in [-0.3, -0.25) is 4.79 Å². The van der Waals surface area contributed by atoms with E-state index in [0.29, 0.717) is 23.7 Å². The lowest BCUT2D eigenvalue weighted by atomic mass is 10.0. The predicted molar refractivity (Wildman–Crippen MR) is 103 cm³/mol. The van der Waals surface area contributed by atoms with Gasteiger partial charge in [-0.1, -0.05) is 32.0 Å². The Hall–Kier alpha value is -2.41. The van der Waals surface area contributed by atoms with Crippen molar-refractivity contribution in [1.29, 1.82) is 0 Å². The van der Waals surface area contributed by atoms with Crippen molar-refractivity contribution < 1.29 is 13.2 Å². The Morgan fingerprint density at radius 1 is 1.19 bits per heavy atom. The Labute approximate surface area is 154 Å². The van der Waals surface area contributed by atoms with Gasteiger partial charge in [0.25, 0.3) is 5.91 Å². The number of para-hydroxylation sites is 1. The minimum Gasteiger partial charge on any atom is -0.380 e. The molecule has 1 aromatic heterocycles. The molecule has 6 nitrogen and oxygen atoms in total. The van der Waals surface area contributed by atoms with Crippen LogP contribution in [0.25, 0.3) is 0 Å². The van der Waals surface area contributed by atoms with Crippen LogP contribution in [0.1, 0.15) is 42.2 Å². The van der Waals surface area contributed by atoms with Crippen LogP contribution >= 0.6 is 0 Å². The number of hydrogen-bond donors (Lipinski definition) is 2. The number of hydrogen-bond acceptors (Lipinski definition) is 5. The number of carbonyl (C=O) groups is 1. The van der Waals surface area contributed by atoms with Crippen molar-refractivity contribution in [2.45, 2.75) is 32.2 Å². The van der Waals surface area contributed by atoms with Gasteiger partial charge in [-0.05, 0) is 36.1 Å². The van der Waals surface area contributed by atoms with Crippen LogP contribution in [0.15, 0.2) is 42.6 Å². The molecule has 1 amide bonds. The zero-order valence-electron chi connectivity index (χ0n) is 14.9. The van der Waals surface area contributed by atoms with E-state index in [0.717, 1.165) is 11.3 Å². The van der Waals surface area contributed by atoms with E-state index in [2.05, 4.69) is 29.5 Å². The number of benzene rings is 1. The SMILES string of the molecule is CC(C)c1ccccc1NC(=O)c1ccc(NC2CCS(=O)(=O)C2)cn1. The van der Waals surface area contributed by atoms with E-state index in [9.17, 15) is 13.2 Å². The molecule has 2 N–H and O–H groups in total. The molecule has 1 aliphatic heterocycles. The Morgan fingerprint density at radius 2 is 1.96 bits per heavy atom. The van der Waals surface area contributed by atoms with Crippen LogP contribution in [0.5, 0.6) is 0 Å². The van der Waals surface area contributed by atoms with Crippen molar-refractivity contribution in [2.24, 2.45) is 0 Å². The van der Waals surface area contributed by atoms with Crippen LogP contribution in [0, 0.1) is 0 Å². The third-order valence-corrected chi connectivity index (χ3v) is 6.20. The lowest BCUT2D eigenvalue weighted by Gasteiger charge is -2.14. The molecule has 0 saturated carbocycles. The first kappa shape index (κ1) is 18.4. The number of anilines is 2. The third-order valence-electron chi connectivity index (χ3n) is 4.43. The summed E-state index contributed by atoms with van der Waals surface area (Å²) in [6, 6.07) is 11.0. The van der Waals surface area contributed by atoms with Gasteiger partial charge < -0.3 is 10.6 Å². The average Bonchev–Trinajstić information content (AvgIpc) is 2.94. The normalized spacial score (nSPS) is 18.7. The molecule has 138 valence electrons. The molecule has 1 unspecified atom stereocenters. The quantitative estimate of drug-likeness (QED) is 0.841. The Kier molecular flexibility index (Phi) is 5.27. The van der Waals surface area contributed by atoms with E-state index in [1.807, 2.05) is 24.3 Å². The number of pyridine rings is 1. The van der Waals surface area contributed by atoms with Gasteiger partial charge in [0.05, 0.1) is 23.4 Å². The molecular formula is C19H23N3O3S. The number of amides is 1. The molecule has 0 spiro atoms. The van der Waals surface area contributed by atoms with E-state index >= 15 is 0 Å². The zero-order chi connectivity index (χ0) is 18.7. The first-order valence-corrected chi connectivity index (χ1v) is 10.5. The first-order chi connectivity index (χ1) is 12.3. The van der Waals surface area contributed by atoms with Gasteiger partial charge >= 0.3 is 0 Å². The molecule has 1 aromatic carbocycles. The molecule has 2 heterocycles. The van der Waals surface area contributed by atoms with Crippen LogP contribution in [-0.4, -0.2) is 36.9 Å². The van der Waals surface area contributed by atoms with Crippen LogP contribution in [0.3, 0.4) is 0 Å². The highest BCUT2D eigenvalue weighted by Gasteiger charge is 2.27. The minimum atomic E-state index is -2.93. The lowest BCUT2D eigenvalue weighted by molar-refractivity contribution is 0.102. The van der Waals surface area contributed by atoms with E-state index in [1.54, 1.807) is 18.3 Å². The highest BCUT2D eigenvalue weighted by Crippen LogP contribution is 2.24. The molecule has 2 aromatic rings. The molecule has 1 atom stereocenters. The van der Waals surface area contributed by atoms with Crippen LogP contribution in [0.2, 0.25) is 0 Å². The van der Waals surface area contributed by atoms with Crippen molar-refractivity contribution in [3.63, 3.8) is 0 Å². The fourth-order valence-corrected chi connectivity index (χ4v) is 4.73. The highest BCUT2D eigenvalue weighted by molar-refractivity contribution is 7.91. The summed E-state index contributed by atoms with van der Waals surface area (Å²) in [7, 11) is -2.93. The van der Waals surface area contributed by atoms with Gasteiger partial charge in [0, 0.05) is 11.7 Å². The molecule has 0 aliphatic carbocycles. The largest absolute Gasteiger partial charge is 0.380 e. The monoisotopic (exact) mass is 373 g/mol. The maximum Gasteiger partial charge on any atom is 0.274 e. The molecule has 0 bridgehead atoms. The van der Waals surface area contributed by atoms with Crippen molar-refractivity contribution in [3.05, 3.63) is 53.9 Å². The highest BCUT2D eigenvalue weighted by atomic mass is 32.2. The maximum absolute atomic E-state index is 12.5. The summed E-state index contributed by atoms with van der Waals surface area (Å²) < 4.78 is 23.0. The summed E-state index contributed by atoms with van der Waals surface area (Å²) in [5, 5.41) is 6.07. The van der Waals surface area contributed by atoms with Crippen molar-refractivity contribution >= 4 is 27.1 Å². The summed E-state index contributed by atoms with van der Waals surface area (Å²) in [5.41, 5.74) is 2.88. The maximum atomic E-state index is 12.5. The van der Waals surface area contributed by atoms with Crippen LogP contribution in [0.4, 0.5) is 11.4 Å². The number of nitrogens with zero attached hydrogens (tertiary/aromatic N) is 1. The fraction of sp³-hybridized carbons (Fsp3) is 0.368. The molecule has 1 fully saturated rings. The van der Waals surface area contributed by atoms with E-state index in [-0.39, 0.29) is 23.5 Å². The smallest absolute Gasteiger partial charge is 0.274 e. The van der Waals surface area contributed by atoms with Crippen molar-refractivity contribution in [2.75, 3.05) is 22.1 Å². The van der Waals surface area contributed by atoms with Gasteiger partial charge in [0.1, 0.15) is 5.69 Å². The standard InChI is InChI=1S/C19H23N3O3S/c1-13(2)16-5-3-4-6-17(16)22-19(23)18-8-7-14(11-20-18)21-15-9-10-26(24,25)12-15/h3-8,11,13,15,21H,9-10,12H2,1-2H3,(H,22,23). The molecule has 7 heteroatoms. The molecule has 1 aliphatic rings. The second-order valence-corrected chi connectivity index (χ2v) is 9.10. The fourth-order valence-electron chi connectivity index (χ4n) is 3.06. The molecule has 1 saturated heterocycles. The first-order valence-electron chi connectivity index (χ1n) is 8.67. The summed E-state index contributed by atoms with van der Waals surface area (Å²) >= 11 is 0. The number of carbonyl (C=O) groups excluding carboxylic acids is 1. The topological polar surface area (TPSA) is 88.2 Å². The molecular weight excluding hydrogens is 350 g/mol. The average molecular weight is 373 g/mol. The Bertz CT molecular complexity index is 893. The second kappa shape index (κ2) is 7.45. The minimum absolute atomic E-state index is 0.0978. The summed E-state index contributed by atoms with van der Waals surface area (Å²) in [6.07, 6.45) is 2.16. The molecule has 0 radical (unpaired) electrons. The van der Waals surface area contributed by atoms with Crippen LogP contribution in [-0.2, 0) is 9.84 Å². The number of rotatable bonds is 5. The number of sulfone groups is 1. The van der Waals surface area contributed by atoms with E-state index < -0.39 is 9.84 Å². The third kappa shape index (κ3) is 4.40. The number of aromatic nitrogens is 1.